The molecule has 1 heterocycles. The zero-order valence-corrected chi connectivity index (χ0v) is 12.0. The van der Waals surface area contributed by atoms with Gasteiger partial charge in [-0.2, -0.15) is 0 Å². The number of hydrogen-bond donors (Lipinski definition) is 2. The Balaban J connectivity index is 2.42. The number of rotatable bonds is 2. The van der Waals surface area contributed by atoms with Crippen molar-refractivity contribution in [1.82, 2.24) is 14.8 Å². The van der Waals surface area contributed by atoms with Crippen molar-refractivity contribution >= 4 is 28.5 Å². The molecule has 2 aromatic rings. The Morgan fingerprint density at radius 2 is 1.80 bits per heavy atom. The fraction of sp³-hybridized carbons (Fsp3) is 0.286. The summed E-state index contributed by atoms with van der Waals surface area (Å²) in [5.74, 6) is -0.105. The number of urea groups is 1. The monoisotopic (exact) mass is 274 g/mol. The predicted molar refractivity (Wildman–Crippen MR) is 79.0 cm³/mol. The molecule has 20 heavy (non-hydrogen) atoms. The topological polar surface area (TPSA) is 68.4 Å². The lowest BCUT2D eigenvalue weighted by molar-refractivity contribution is 0.0823. The molecule has 0 aliphatic rings. The molecule has 0 saturated carbocycles. The molecule has 0 bridgehead atoms. The highest BCUT2D eigenvalue weighted by Gasteiger charge is 2.14. The van der Waals surface area contributed by atoms with Crippen LogP contribution < -0.4 is 5.32 Å². The molecule has 2 rings (SSSR count). The van der Waals surface area contributed by atoms with Crippen molar-refractivity contribution in [1.29, 1.82) is 0 Å². The molecule has 0 radical (unpaired) electrons. The van der Waals surface area contributed by atoms with Gasteiger partial charge in [-0.3, -0.25) is 4.79 Å². The van der Waals surface area contributed by atoms with Gasteiger partial charge in [0.05, 0.1) is 5.69 Å². The Labute approximate surface area is 117 Å². The Morgan fingerprint density at radius 1 is 1.10 bits per heavy atom. The van der Waals surface area contributed by atoms with Crippen molar-refractivity contribution in [2.75, 3.05) is 33.5 Å². The number of nitrogens with one attached hydrogen (secondary N) is 2. The first-order chi connectivity index (χ1) is 9.40. The molecule has 0 atom stereocenters. The normalized spacial score (nSPS) is 10.4. The van der Waals surface area contributed by atoms with Gasteiger partial charge in [0, 0.05) is 39.1 Å². The summed E-state index contributed by atoms with van der Waals surface area (Å²) in [5, 5.41) is 3.62. The average Bonchev–Trinajstić information content (AvgIpc) is 2.82. The second kappa shape index (κ2) is 5.24. The second-order valence-electron chi connectivity index (χ2n) is 4.97. The van der Waals surface area contributed by atoms with Gasteiger partial charge in [-0.05, 0) is 18.2 Å². The molecule has 0 fully saturated rings. The molecule has 0 spiro atoms. The van der Waals surface area contributed by atoms with Gasteiger partial charge < -0.3 is 20.1 Å². The molecule has 6 nitrogen and oxygen atoms in total. The first-order valence-corrected chi connectivity index (χ1v) is 6.22. The van der Waals surface area contributed by atoms with Crippen molar-refractivity contribution in [2.45, 2.75) is 0 Å². The Bertz CT molecular complexity index is 658. The number of aromatic nitrogens is 1. The van der Waals surface area contributed by atoms with Crippen LogP contribution in [0.3, 0.4) is 0 Å². The molecule has 2 N–H and O–H groups in total. The van der Waals surface area contributed by atoms with E-state index in [-0.39, 0.29) is 11.9 Å². The Morgan fingerprint density at radius 3 is 2.40 bits per heavy atom. The van der Waals surface area contributed by atoms with Gasteiger partial charge in [0.2, 0.25) is 0 Å². The summed E-state index contributed by atoms with van der Waals surface area (Å²) in [5.41, 5.74) is 1.98. The third-order valence-electron chi connectivity index (χ3n) is 2.95. The smallest absolute Gasteiger partial charge is 0.321 e. The fourth-order valence-electron chi connectivity index (χ4n) is 1.85. The zero-order valence-electron chi connectivity index (χ0n) is 12.0. The minimum atomic E-state index is -0.209. The van der Waals surface area contributed by atoms with Gasteiger partial charge in [0.1, 0.15) is 5.69 Å². The van der Waals surface area contributed by atoms with Crippen LogP contribution in [0.15, 0.2) is 24.3 Å². The number of nitrogens with zero attached hydrogens (tertiary/aromatic N) is 2. The molecule has 1 aromatic carbocycles. The van der Waals surface area contributed by atoms with E-state index in [2.05, 4.69) is 10.3 Å². The van der Waals surface area contributed by atoms with Crippen molar-refractivity contribution in [3.05, 3.63) is 30.0 Å². The van der Waals surface area contributed by atoms with Gasteiger partial charge in [0.15, 0.2) is 0 Å². The van der Waals surface area contributed by atoms with Crippen molar-refractivity contribution in [2.24, 2.45) is 0 Å². The summed E-state index contributed by atoms with van der Waals surface area (Å²) in [6.07, 6.45) is 0. The number of carbonyl (C=O) groups is 2. The van der Waals surface area contributed by atoms with Gasteiger partial charge in [-0.25, -0.2) is 4.79 Å². The molecule has 6 heteroatoms. The van der Waals surface area contributed by atoms with Crippen LogP contribution in [0.1, 0.15) is 10.5 Å². The van der Waals surface area contributed by atoms with E-state index < -0.39 is 0 Å². The number of amides is 3. The SMILES string of the molecule is CN(C)C(=O)Nc1cccc2[nH]c(C(=O)N(C)C)cc12. The molecular weight excluding hydrogens is 256 g/mol. The molecule has 0 aliphatic heterocycles. The number of anilines is 1. The molecule has 1 aromatic heterocycles. The molecule has 0 unspecified atom stereocenters. The van der Waals surface area contributed by atoms with Crippen LogP contribution in [0.25, 0.3) is 10.9 Å². The maximum absolute atomic E-state index is 12.0. The van der Waals surface area contributed by atoms with E-state index in [0.717, 1.165) is 10.9 Å². The summed E-state index contributed by atoms with van der Waals surface area (Å²) >= 11 is 0. The number of H-pyrrole nitrogens is 1. The van der Waals surface area contributed by atoms with Crippen LogP contribution >= 0.6 is 0 Å². The number of fused-ring (bicyclic) bond motifs is 1. The largest absolute Gasteiger partial charge is 0.350 e. The van der Waals surface area contributed by atoms with E-state index in [1.165, 1.54) is 9.80 Å². The highest BCUT2D eigenvalue weighted by Crippen LogP contribution is 2.24. The lowest BCUT2D eigenvalue weighted by atomic mass is 10.2. The van der Waals surface area contributed by atoms with Crippen LogP contribution in [0, 0.1) is 0 Å². The summed E-state index contributed by atoms with van der Waals surface area (Å²) in [7, 11) is 6.74. The van der Waals surface area contributed by atoms with Crippen LogP contribution in [0.2, 0.25) is 0 Å². The van der Waals surface area contributed by atoms with E-state index in [0.29, 0.717) is 11.4 Å². The number of carbonyl (C=O) groups excluding carboxylic acids is 2. The quantitative estimate of drug-likeness (QED) is 0.879. The van der Waals surface area contributed by atoms with E-state index in [1.54, 1.807) is 34.3 Å². The molecule has 0 saturated heterocycles. The molecule has 0 aliphatic carbocycles. The number of benzene rings is 1. The van der Waals surface area contributed by atoms with E-state index in [4.69, 9.17) is 0 Å². The number of aromatic amines is 1. The van der Waals surface area contributed by atoms with Gasteiger partial charge in [-0.15, -0.1) is 0 Å². The summed E-state index contributed by atoms with van der Waals surface area (Å²) in [6, 6.07) is 7.05. The summed E-state index contributed by atoms with van der Waals surface area (Å²) in [6.45, 7) is 0. The molecular formula is C14H18N4O2. The number of hydrogen-bond acceptors (Lipinski definition) is 2. The summed E-state index contributed by atoms with van der Waals surface area (Å²) < 4.78 is 0. The van der Waals surface area contributed by atoms with Crippen LogP contribution in [0.4, 0.5) is 10.5 Å². The second-order valence-corrected chi connectivity index (χ2v) is 4.97. The van der Waals surface area contributed by atoms with E-state index >= 15 is 0 Å². The Kier molecular flexibility index (Phi) is 3.65. The van der Waals surface area contributed by atoms with Crippen LogP contribution in [-0.4, -0.2) is 54.9 Å². The zero-order chi connectivity index (χ0) is 14.9. The minimum absolute atomic E-state index is 0.105. The van der Waals surface area contributed by atoms with Crippen LogP contribution in [-0.2, 0) is 0 Å². The van der Waals surface area contributed by atoms with Gasteiger partial charge in [0.25, 0.3) is 5.91 Å². The standard InChI is InChI=1S/C14H18N4O2/c1-17(2)13(19)12-8-9-10(15-12)6-5-7-11(9)16-14(20)18(3)4/h5-8,15H,1-4H3,(H,16,20). The first-order valence-electron chi connectivity index (χ1n) is 6.22. The third kappa shape index (κ3) is 2.59. The highest BCUT2D eigenvalue weighted by atomic mass is 16.2. The van der Waals surface area contributed by atoms with Crippen molar-refractivity contribution in [3.63, 3.8) is 0 Å². The Hall–Kier alpha value is -2.50. The van der Waals surface area contributed by atoms with Gasteiger partial charge >= 0.3 is 6.03 Å². The lowest BCUT2D eigenvalue weighted by Crippen LogP contribution is -2.27. The highest BCUT2D eigenvalue weighted by molar-refractivity contribution is 6.05. The summed E-state index contributed by atoms with van der Waals surface area (Å²) in [4.78, 5) is 29.7. The van der Waals surface area contributed by atoms with Crippen LogP contribution in [0.5, 0.6) is 0 Å². The maximum Gasteiger partial charge on any atom is 0.321 e. The van der Waals surface area contributed by atoms with Crippen molar-refractivity contribution in [3.8, 4) is 0 Å². The third-order valence-corrected chi connectivity index (χ3v) is 2.95. The minimum Gasteiger partial charge on any atom is -0.350 e. The van der Waals surface area contributed by atoms with Gasteiger partial charge in [-0.1, -0.05) is 6.07 Å². The lowest BCUT2D eigenvalue weighted by Gasteiger charge is -2.12. The van der Waals surface area contributed by atoms with E-state index in [1.807, 2.05) is 18.2 Å². The maximum atomic E-state index is 12.0. The predicted octanol–water partition coefficient (Wildman–Crippen LogP) is 1.96. The van der Waals surface area contributed by atoms with Crippen molar-refractivity contribution < 1.29 is 9.59 Å². The molecule has 3 amide bonds. The fourth-order valence-corrected chi connectivity index (χ4v) is 1.85. The average molecular weight is 274 g/mol. The first kappa shape index (κ1) is 13.9. The molecule has 106 valence electrons. The van der Waals surface area contributed by atoms with E-state index in [9.17, 15) is 9.59 Å².